The Balaban J connectivity index is 1.72. The Hall–Kier alpha value is -3.74. The van der Waals surface area contributed by atoms with E-state index < -0.39 is 10.8 Å². The summed E-state index contributed by atoms with van der Waals surface area (Å²) in [5, 5.41) is 11.7. The van der Waals surface area contributed by atoms with Crippen LogP contribution in [0.5, 0.6) is 5.75 Å². The summed E-state index contributed by atoms with van der Waals surface area (Å²) >= 11 is 0. The summed E-state index contributed by atoms with van der Waals surface area (Å²) in [4.78, 5) is 40.1. The average molecular weight is 459 g/mol. The lowest BCUT2D eigenvalue weighted by Crippen LogP contribution is -2.38. The van der Waals surface area contributed by atoms with Gasteiger partial charge in [0.05, 0.1) is 12.0 Å². The molecule has 5 rings (SSSR count). The molecule has 0 unspecified atom stereocenters. The molecule has 2 aliphatic carbocycles. The molecule has 2 aromatic carbocycles. The van der Waals surface area contributed by atoms with Crippen molar-refractivity contribution >= 4 is 17.3 Å². The maximum atomic E-state index is 13.4. The second-order valence-corrected chi connectivity index (χ2v) is 8.97. The Labute approximate surface area is 197 Å². The Bertz CT molecular complexity index is 1200. The third-order valence-corrected chi connectivity index (χ3v) is 7.00. The monoisotopic (exact) mass is 458 g/mol. The van der Waals surface area contributed by atoms with E-state index in [1.807, 2.05) is 18.2 Å². The van der Waals surface area contributed by atoms with Gasteiger partial charge in [-0.3, -0.25) is 19.7 Å². The molecule has 1 heterocycles. The van der Waals surface area contributed by atoms with Gasteiger partial charge >= 0.3 is 5.69 Å². The highest BCUT2D eigenvalue weighted by atomic mass is 16.6. The number of nitro groups is 1. The van der Waals surface area contributed by atoms with E-state index in [2.05, 4.69) is 17.0 Å². The Morgan fingerprint density at radius 3 is 2.12 bits per heavy atom. The van der Waals surface area contributed by atoms with E-state index in [4.69, 9.17) is 4.74 Å². The van der Waals surface area contributed by atoms with Crippen LogP contribution in [0.25, 0.3) is 0 Å². The van der Waals surface area contributed by atoms with Gasteiger partial charge in [-0.1, -0.05) is 36.4 Å². The quantitative estimate of drug-likeness (QED) is 0.451. The fraction of sp³-hybridized carbons (Fsp3) is 0.333. The predicted octanol–water partition coefficient (Wildman–Crippen LogP) is 5.22. The fourth-order valence-electron chi connectivity index (χ4n) is 5.54. The minimum absolute atomic E-state index is 0.0210. The molecule has 1 aliphatic heterocycles. The third kappa shape index (κ3) is 3.71. The highest BCUT2D eigenvalue weighted by Crippen LogP contribution is 2.50. The number of carbonyl (C=O) groups excluding carboxylic acids is 2. The fourth-order valence-corrected chi connectivity index (χ4v) is 5.54. The van der Waals surface area contributed by atoms with Gasteiger partial charge in [-0.25, -0.2) is 0 Å². The predicted molar refractivity (Wildman–Crippen MR) is 126 cm³/mol. The summed E-state index contributed by atoms with van der Waals surface area (Å²) in [6, 6.07) is 14.8. The van der Waals surface area contributed by atoms with Crippen molar-refractivity contribution in [2.75, 3.05) is 7.11 Å². The summed E-state index contributed by atoms with van der Waals surface area (Å²) in [5.74, 6) is -0.383. The molecule has 0 atom stereocenters. The number of nitrogens with zero attached hydrogens (tertiary/aromatic N) is 2. The van der Waals surface area contributed by atoms with Gasteiger partial charge < -0.3 is 9.64 Å². The zero-order valence-corrected chi connectivity index (χ0v) is 19.1. The standard InChI is InChI=1S/C27H26N2O5/c1-34-24-14-13-18(15-21(24)29(32)33)25-26-19(9-5-11-22(26)30)28(16-17-7-3-2-4-8-17)20-10-6-12-23(31)27(20)25/h2-4,7-8,13-15,25H,5-6,9-12,16H2,1H3. The minimum atomic E-state index is -0.581. The first kappa shape index (κ1) is 22.1. The molecule has 0 spiro atoms. The highest BCUT2D eigenvalue weighted by Gasteiger charge is 2.43. The van der Waals surface area contributed by atoms with Gasteiger partial charge in [0.1, 0.15) is 0 Å². The summed E-state index contributed by atoms with van der Waals surface area (Å²) in [6.07, 6.45) is 3.85. The van der Waals surface area contributed by atoms with Crippen LogP contribution in [0.2, 0.25) is 0 Å². The topological polar surface area (TPSA) is 89.8 Å². The summed E-state index contributed by atoms with van der Waals surface area (Å²) in [6.45, 7) is 0.592. The van der Waals surface area contributed by atoms with Gasteiger partial charge in [0.2, 0.25) is 0 Å². The smallest absolute Gasteiger partial charge is 0.311 e. The van der Waals surface area contributed by atoms with Gasteiger partial charge in [-0.15, -0.1) is 0 Å². The SMILES string of the molecule is COc1ccc(C2C3=C(CCCC3=O)N(Cc3ccccc3)C3=C2C(=O)CCC3)cc1[N+](=O)[O-]. The molecule has 0 saturated carbocycles. The number of benzene rings is 2. The summed E-state index contributed by atoms with van der Waals surface area (Å²) in [5.41, 5.74) is 4.69. The molecule has 0 N–H and O–H groups in total. The Morgan fingerprint density at radius 2 is 1.56 bits per heavy atom. The van der Waals surface area contributed by atoms with Crippen LogP contribution >= 0.6 is 0 Å². The number of ether oxygens (including phenoxy) is 1. The zero-order valence-electron chi connectivity index (χ0n) is 19.1. The molecule has 2 aromatic rings. The van der Waals surface area contributed by atoms with Crippen molar-refractivity contribution in [1.82, 2.24) is 4.90 Å². The van der Waals surface area contributed by atoms with Gasteiger partial charge in [0, 0.05) is 53.9 Å². The molecule has 7 nitrogen and oxygen atoms in total. The number of Topliss-reactive ketones (excluding diaryl/α,β-unsaturated/α-hetero) is 2. The van der Waals surface area contributed by atoms with Gasteiger partial charge in [-0.2, -0.15) is 0 Å². The van der Waals surface area contributed by atoms with Crippen LogP contribution < -0.4 is 4.74 Å². The first-order valence-corrected chi connectivity index (χ1v) is 11.7. The first-order chi connectivity index (χ1) is 16.5. The van der Waals surface area contributed by atoms with Crippen LogP contribution in [0.1, 0.15) is 55.6 Å². The molecule has 0 fully saturated rings. The summed E-state index contributed by atoms with van der Waals surface area (Å²) in [7, 11) is 1.39. The van der Waals surface area contributed by atoms with Crippen molar-refractivity contribution in [2.45, 2.75) is 51.0 Å². The van der Waals surface area contributed by atoms with Crippen molar-refractivity contribution in [1.29, 1.82) is 0 Å². The number of hydrogen-bond acceptors (Lipinski definition) is 6. The van der Waals surface area contributed by atoms with Crippen LogP contribution in [0, 0.1) is 10.1 Å². The van der Waals surface area contributed by atoms with Crippen molar-refractivity contribution in [3.63, 3.8) is 0 Å². The van der Waals surface area contributed by atoms with Crippen LogP contribution in [-0.4, -0.2) is 28.5 Å². The van der Waals surface area contributed by atoms with E-state index in [1.165, 1.54) is 13.2 Å². The maximum absolute atomic E-state index is 13.4. The van der Waals surface area contributed by atoms with Crippen molar-refractivity contribution in [3.05, 3.63) is 92.3 Å². The van der Waals surface area contributed by atoms with Crippen molar-refractivity contribution in [3.8, 4) is 5.75 Å². The lowest BCUT2D eigenvalue weighted by Gasteiger charge is -2.44. The average Bonchev–Trinajstić information content (AvgIpc) is 2.85. The molecular formula is C27H26N2O5. The van der Waals surface area contributed by atoms with Gasteiger partial charge in [0.25, 0.3) is 0 Å². The number of rotatable bonds is 5. The second kappa shape index (κ2) is 8.89. The molecule has 0 aromatic heterocycles. The van der Waals surface area contributed by atoms with Gasteiger partial charge in [-0.05, 0) is 42.9 Å². The molecule has 3 aliphatic rings. The van der Waals surface area contributed by atoms with Crippen LogP contribution in [0.3, 0.4) is 0 Å². The van der Waals surface area contributed by atoms with E-state index in [0.717, 1.165) is 42.6 Å². The molecule has 0 bridgehead atoms. The number of allylic oxidation sites excluding steroid dienone is 4. The number of ketones is 2. The maximum Gasteiger partial charge on any atom is 0.311 e. The molecular weight excluding hydrogens is 432 g/mol. The number of methoxy groups -OCH3 is 1. The molecule has 0 radical (unpaired) electrons. The molecule has 0 amide bonds. The first-order valence-electron chi connectivity index (χ1n) is 11.7. The van der Waals surface area contributed by atoms with Crippen LogP contribution in [0.4, 0.5) is 5.69 Å². The normalized spacial score (nSPS) is 18.7. The summed E-state index contributed by atoms with van der Waals surface area (Å²) < 4.78 is 5.18. The third-order valence-electron chi connectivity index (χ3n) is 7.00. The lowest BCUT2D eigenvalue weighted by atomic mass is 9.71. The zero-order chi connectivity index (χ0) is 23.8. The van der Waals surface area contributed by atoms with E-state index in [1.54, 1.807) is 12.1 Å². The van der Waals surface area contributed by atoms with Crippen molar-refractivity contribution in [2.24, 2.45) is 0 Å². The lowest BCUT2D eigenvalue weighted by molar-refractivity contribution is -0.385. The number of carbonyl (C=O) groups is 2. The van der Waals surface area contributed by atoms with E-state index in [0.29, 0.717) is 36.1 Å². The minimum Gasteiger partial charge on any atom is -0.490 e. The van der Waals surface area contributed by atoms with Crippen LogP contribution in [-0.2, 0) is 16.1 Å². The van der Waals surface area contributed by atoms with Crippen molar-refractivity contribution < 1.29 is 19.2 Å². The number of hydrogen-bond donors (Lipinski definition) is 0. The Morgan fingerprint density at radius 1 is 0.941 bits per heavy atom. The van der Waals surface area contributed by atoms with E-state index >= 15 is 0 Å². The van der Waals surface area contributed by atoms with E-state index in [9.17, 15) is 19.7 Å². The molecule has 174 valence electrons. The molecule has 7 heteroatoms. The largest absolute Gasteiger partial charge is 0.490 e. The highest BCUT2D eigenvalue weighted by molar-refractivity contribution is 6.06. The van der Waals surface area contributed by atoms with Gasteiger partial charge in [0.15, 0.2) is 17.3 Å². The number of nitro benzene ring substituents is 1. The molecule has 0 saturated heterocycles. The van der Waals surface area contributed by atoms with Crippen LogP contribution in [0.15, 0.2) is 71.1 Å². The Kier molecular flexibility index (Phi) is 5.77. The van der Waals surface area contributed by atoms with E-state index in [-0.39, 0.29) is 23.0 Å². The molecule has 34 heavy (non-hydrogen) atoms. The second-order valence-electron chi connectivity index (χ2n) is 8.97.